The first-order chi connectivity index (χ1) is 13.1. The third-order valence-corrected chi connectivity index (χ3v) is 4.45. The monoisotopic (exact) mass is 366 g/mol. The molecule has 0 bridgehead atoms. The molecule has 2 heterocycles. The first kappa shape index (κ1) is 17.0. The third kappa shape index (κ3) is 3.46. The van der Waals surface area contributed by atoms with E-state index in [-0.39, 0.29) is 31.2 Å². The largest absolute Gasteiger partial charge is 0.454 e. The molecule has 0 fully saturated rings. The van der Waals surface area contributed by atoms with Crippen LogP contribution >= 0.6 is 0 Å². The molecule has 1 aliphatic rings. The van der Waals surface area contributed by atoms with Crippen LogP contribution in [0, 0.1) is 0 Å². The van der Waals surface area contributed by atoms with Gasteiger partial charge < -0.3 is 14.4 Å². The molecule has 0 atom stereocenters. The lowest BCUT2D eigenvalue weighted by atomic mass is 10.2. The lowest BCUT2D eigenvalue weighted by Crippen LogP contribution is -2.30. The Bertz CT molecular complexity index is 1060. The van der Waals surface area contributed by atoms with E-state index < -0.39 is 0 Å². The van der Waals surface area contributed by atoms with Crippen LogP contribution in [-0.4, -0.2) is 39.6 Å². The summed E-state index contributed by atoms with van der Waals surface area (Å²) in [5.74, 6) is 1.31. The molecule has 1 aliphatic heterocycles. The fraction of sp³-hybridized carbons (Fsp3) is 0.263. The molecule has 0 N–H and O–H groups in total. The molecule has 27 heavy (non-hydrogen) atoms. The van der Waals surface area contributed by atoms with Crippen molar-refractivity contribution in [1.29, 1.82) is 0 Å². The van der Waals surface area contributed by atoms with Gasteiger partial charge in [-0.25, -0.2) is 4.68 Å². The molecular formula is C19H18N4O4. The minimum absolute atomic E-state index is 0.0884. The molecule has 0 radical (unpaired) electrons. The van der Waals surface area contributed by atoms with Gasteiger partial charge in [-0.1, -0.05) is 23.4 Å². The van der Waals surface area contributed by atoms with Gasteiger partial charge in [0.2, 0.25) is 12.7 Å². The van der Waals surface area contributed by atoms with Gasteiger partial charge in [-0.05, 0) is 29.8 Å². The highest BCUT2D eigenvalue weighted by Crippen LogP contribution is 2.32. The highest BCUT2D eigenvalue weighted by molar-refractivity contribution is 5.77. The first-order valence-corrected chi connectivity index (χ1v) is 8.57. The summed E-state index contributed by atoms with van der Waals surface area (Å²) in [5, 5.41) is 8.44. The Hall–Kier alpha value is -3.42. The summed E-state index contributed by atoms with van der Waals surface area (Å²) in [6.45, 7) is 0.837. The van der Waals surface area contributed by atoms with E-state index in [0.717, 1.165) is 5.56 Å². The van der Waals surface area contributed by atoms with Crippen LogP contribution < -0.4 is 15.0 Å². The Morgan fingerprint density at radius 1 is 1.19 bits per heavy atom. The third-order valence-electron chi connectivity index (χ3n) is 4.45. The van der Waals surface area contributed by atoms with Gasteiger partial charge in [0.15, 0.2) is 11.5 Å². The topological polar surface area (TPSA) is 86.6 Å². The Labute approximate surface area is 154 Å². The van der Waals surface area contributed by atoms with Gasteiger partial charge in [0, 0.05) is 20.0 Å². The summed E-state index contributed by atoms with van der Waals surface area (Å²) >= 11 is 0. The van der Waals surface area contributed by atoms with Crippen LogP contribution in [0.1, 0.15) is 12.0 Å². The molecule has 1 aromatic heterocycles. The van der Waals surface area contributed by atoms with Gasteiger partial charge in [0.05, 0.1) is 11.9 Å². The van der Waals surface area contributed by atoms with E-state index in [1.165, 1.54) is 4.68 Å². The van der Waals surface area contributed by atoms with Crippen molar-refractivity contribution in [2.45, 2.75) is 19.5 Å². The summed E-state index contributed by atoms with van der Waals surface area (Å²) in [5.41, 5.74) is 1.24. The number of aromatic nitrogens is 3. The number of carbonyl (C=O) groups is 1. The maximum Gasteiger partial charge on any atom is 0.277 e. The van der Waals surface area contributed by atoms with Crippen molar-refractivity contribution in [3.63, 3.8) is 0 Å². The van der Waals surface area contributed by atoms with Gasteiger partial charge >= 0.3 is 0 Å². The number of rotatable bonds is 5. The number of nitrogens with zero attached hydrogens (tertiary/aromatic N) is 4. The van der Waals surface area contributed by atoms with E-state index in [0.29, 0.717) is 28.9 Å². The zero-order chi connectivity index (χ0) is 18.8. The maximum atomic E-state index is 12.4. The van der Waals surface area contributed by atoms with E-state index in [9.17, 15) is 9.59 Å². The van der Waals surface area contributed by atoms with Crippen molar-refractivity contribution in [3.05, 3.63) is 58.4 Å². The second-order valence-corrected chi connectivity index (χ2v) is 6.32. The SMILES string of the molecule is CN(Cc1ccc2c(c1)OCO2)C(=O)CCn1nnc2ccccc2c1=O. The van der Waals surface area contributed by atoms with Gasteiger partial charge in [-0.15, -0.1) is 5.10 Å². The Morgan fingerprint density at radius 3 is 2.89 bits per heavy atom. The fourth-order valence-electron chi connectivity index (χ4n) is 2.96. The molecule has 4 rings (SSSR count). The summed E-state index contributed by atoms with van der Waals surface area (Å²) in [7, 11) is 1.72. The van der Waals surface area contributed by atoms with Crippen LogP contribution in [0.3, 0.4) is 0 Å². The average molecular weight is 366 g/mol. The predicted octanol–water partition coefficient (Wildman–Crippen LogP) is 1.57. The van der Waals surface area contributed by atoms with E-state index >= 15 is 0 Å². The zero-order valence-electron chi connectivity index (χ0n) is 14.8. The van der Waals surface area contributed by atoms with Crippen LogP contribution in [-0.2, 0) is 17.9 Å². The molecule has 1 amide bonds. The quantitative estimate of drug-likeness (QED) is 0.681. The summed E-state index contributed by atoms with van der Waals surface area (Å²) in [6.07, 6.45) is 0.161. The van der Waals surface area contributed by atoms with Crippen molar-refractivity contribution in [3.8, 4) is 11.5 Å². The van der Waals surface area contributed by atoms with Crippen LogP contribution in [0.2, 0.25) is 0 Å². The number of amides is 1. The lowest BCUT2D eigenvalue weighted by molar-refractivity contribution is -0.130. The molecule has 0 spiro atoms. The Kier molecular flexibility index (Phi) is 4.45. The molecule has 8 heteroatoms. The number of hydrogen-bond donors (Lipinski definition) is 0. The fourth-order valence-corrected chi connectivity index (χ4v) is 2.96. The molecule has 0 saturated carbocycles. The molecule has 3 aromatic rings. The molecule has 2 aromatic carbocycles. The molecular weight excluding hydrogens is 348 g/mol. The number of aryl methyl sites for hydroxylation is 1. The molecule has 8 nitrogen and oxygen atoms in total. The number of fused-ring (bicyclic) bond motifs is 2. The van der Waals surface area contributed by atoms with Crippen molar-refractivity contribution in [1.82, 2.24) is 19.9 Å². The highest BCUT2D eigenvalue weighted by Gasteiger charge is 2.16. The summed E-state index contributed by atoms with van der Waals surface area (Å²) < 4.78 is 11.9. The second kappa shape index (κ2) is 7.06. The van der Waals surface area contributed by atoms with Crippen LogP contribution in [0.4, 0.5) is 0 Å². The molecule has 0 unspecified atom stereocenters. The van der Waals surface area contributed by atoms with Crippen molar-refractivity contribution in [2.75, 3.05) is 13.8 Å². The van der Waals surface area contributed by atoms with E-state index in [1.54, 1.807) is 36.2 Å². The normalized spacial score (nSPS) is 12.3. The van der Waals surface area contributed by atoms with Gasteiger partial charge in [0.1, 0.15) is 5.52 Å². The smallest absolute Gasteiger partial charge is 0.277 e. The number of benzene rings is 2. The standard InChI is InChI=1S/C19H18N4O4/c1-22(11-13-6-7-16-17(10-13)27-12-26-16)18(24)8-9-23-19(25)14-4-2-3-5-15(14)20-21-23/h2-7,10H,8-9,11-12H2,1H3. The summed E-state index contributed by atoms with van der Waals surface area (Å²) in [6, 6.07) is 12.6. The van der Waals surface area contributed by atoms with Crippen molar-refractivity contribution in [2.24, 2.45) is 0 Å². The molecule has 0 saturated heterocycles. The molecule has 0 aliphatic carbocycles. The summed E-state index contributed by atoms with van der Waals surface area (Å²) in [4.78, 5) is 26.5. The highest BCUT2D eigenvalue weighted by atomic mass is 16.7. The Balaban J connectivity index is 1.40. The van der Waals surface area contributed by atoms with Crippen molar-refractivity contribution < 1.29 is 14.3 Å². The second-order valence-electron chi connectivity index (χ2n) is 6.32. The van der Waals surface area contributed by atoms with Crippen LogP contribution in [0.25, 0.3) is 10.9 Å². The van der Waals surface area contributed by atoms with Gasteiger partial charge in [-0.2, -0.15) is 0 Å². The number of ether oxygens (including phenoxy) is 2. The molecule has 138 valence electrons. The predicted molar refractivity (Wildman–Crippen MR) is 97.5 cm³/mol. The minimum atomic E-state index is -0.244. The first-order valence-electron chi connectivity index (χ1n) is 8.57. The number of carbonyl (C=O) groups excluding carboxylic acids is 1. The van der Waals surface area contributed by atoms with E-state index in [4.69, 9.17) is 9.47 Å². The Morgan fingerprint density at radius 2 is 2.00 bits per heavy atom. The van der Waals surface area contributed by atoms with Gasteiger partial charge in [-0.3, -0.25) is 9.59 Å². The minimum Gasteiger partial charge on any atom is -0.454 e. The average Bonchev–Trinajstić information content (AvgIpc) is 3.15. The lowest BCUT2D eigenvalue weighted by Gasteiger charge is -2.17. The van der Waals surface area contributed by atoms with E-state index in [2.05, 4.69) is 10.3 Å². The zero-order valence-corrected chi connectivity index (χ0v) is 14.8. The van der Waals surface area contributed by atoms with Crippen molar-refractivity contribution >= 4 is 16.8 Å². The van der Waals surface area contributed by atoms with Crippen LogP contribution in [0.5, 0.6) is 11.5 Å². The number of hydrogen-bond acceptors (Lipinski definition) is 6. The van der Waals surface area contributed by atoms with Gasteiger partial charge in [0.25, 0.3) is 5.56 Å². The maximum absolute atomic E-state index is 12.4. The van der Waals surface area contributed by atoms with Crippen LogP contribution in [0.15, 0.2) is 47.3 Å². The van der Waals surface area contributed by atoms with E-state index in [1.807, 2.05) is 18.2 Å².